The lowest BCUT2D eigenvalue weighted by Crippen LogP contribution is -1.80. The van der Waals surface area contributed by atoms with E-state index in [1.165, 1.54) is 0 Å². The summed E-state index contributed by atoms with van der Waals surface area (Å²) >= 11 is 0. The van der Waals surface area contributed by atoms with Crippen molar-refractivity contribution in [1.82, 2.24) is 0 Å². The lowest BCUT2D eigenvalue weighted by Gasteiger charge is -1.70. The first-order chi connectivity index (χ1) is 3.21. The molecule has 0 aliphatic carbocycles. The second-order valence-corrected chi connectivity index (χ2v) is 2.46. The second-order valence-electron chi connectivity index (χ2n) is 0.997. The summed E-state index contributed by atoms with van der Waals surface area (Å²) in [6.45, 7) is 0. The zero-order valence-electron chi connectivity index (χ0n) is 3.68. The minimum atomic E-state index is -3.27. The van der Waals surface area contributed by atoms with E-state index in [2.05, 4.69) is 9.63 Å². The SMILES string of the molecule is O=S1(=O)C=CN=N1.[O]. The Kier molecular flexibility index (Phi) is 1.82. The van der Waals surface area contributed by atoms with Gasteiger partial charge in [0, 0.05) is 5.48 Å². The predicted molar refractivity (Wildman–Crippen MR) is 23.6 cm³/mol. The van der Waals surface area contributed by atoms with Crippen molar-refractivity contribution in [3.8, 4) is 0 Å². The first kappa shape index (κ1) is 7.25. The maximum atomic E-state index is 10.1. The van der Waals surface area contributed by atoms with Gasteiger partial charge in [-0.25, -0.2) is 0 Å². The Morgan fingerprint density at radius 1 is 1.38 bits per heavy atom. The summed E-state index contributed by atoms with van der Waals surface area (Å²) in [5, 5.41) is 4.03. The molecular formula is C2H2N2O3S. The molecule has 2 radical (unpaired) electrons. The normalized spacial score (nSPS) is 20.5. The lowest BCUT2D eigenvalue weighted by atomic mass is 11.1. The third-order valence-corrected chi connectivity index (χ3v) is 1.25. The van der Waals surface area contributed by atoms with Crippen molar-refractivity contribution in [3.63, 3.8) is 0 Å². The fourth-order valence-corrected chi connectivity index (χ4v) is 0.673. The Bertz CT molecular complexity index is 195. The molecule has 0 aromatic heterocycles. The third-order valence-electron chi connectivity index (χ3n) is 0.460. The van der Waals surface area contributed by atoms with Crippen LogP contribution in [0.25, 0.3) is 0 Å². The van der Waals surface area contributed by atoms with Gasteiger partial charge in [0.25, 0.3) is 10.0 Å². The Morgan fingerprint density at radius 2 is 2.00 bits per heavy atom. The van der Waals surface area contributed by atoms with Gasteiger partial charge in [0.15, 0.2) is 0 Å². The molecule has 0 amide bonds. The first-order valence-electron chi connectivity index (χ1n) is 1.54. The van der Waals surface area contributed by atoms with Gasteiger partial charge in [0.05, 0.1) is 11.6 Å². The summed E-state index contributed by atoms with van der Waals surface area (Å²) in [5.74, 6) is 0. The summed E-state index contributed by atoms with van der Waals surface area (Å²) < 4.78 is 23.0. The maximum absolute atomic E-state index is 10.1. The molecule has 0 aromatic rings. The number of nitrogens with zero attached hydrogens (tertiary/aromatic N) is 2. The van der Waals surface area contributed by atoms with Crippen LogP contribution in [-0.4, -0.2) is 8.42 Å². The van der Waals surface area contributed by atoms with E-state index in [0.29, 0.717) is 0 Å². The van der Waals surface area contributed by atoms with Gasteiger partial charge >= 0.3 is 0 Å². The van der Waals surface area contributed by atoms with Crippen LogP contribution < -0.4 is 0 Å². The Morgan fingerprint density at radius 3 is 2.12 bits per heavy atom. The average Bonchev–Trinajstić information content (AvgIpc) is 1.84. The summed E-state index contributed by atoms with van der Waals surface area (Å²) in [5.41, 5.74) is 0. The molecule has 0 saturated heterocycles. The summed E-state index contributed by atoms with van der Waals surface area (Å²) in [6, 6.07) is 0. The van der Waals surface area contributed by atoms with E-state index >= 15 is 0 Å². The van der Waals surface area contributed by atoms with Gasteiger partial charge in [0.1, 0.15) is 0 Å². The van der Waals surface area contributed by atoms with E-state index in [-0.39, 0.29) is 5.48 Å². The molecule has 1 heterocycles. The quantitative estimate of drug-likeness (QED) is 0.471. The fraction of sp³-hybridized carbons (Fsp3) is 0. The smallest absolute Gasteiger partial charge is 0.198 e. The molecule has 0 aromatic carbocycles. The van der Waals surface area contributed by atoms with Gasteiger partial charge in [-0.05, 0) is 0 Å². The Balaban J connectivity index is 0.000000490. The molecule has 0 unspecified atom stereocenters. The molecule has 0 N–H and O–H groups in total. The largest absolute Gasteiger partial charge is 0.294 e. The highest BCUT2D eigenvalue weighted by atomic mass is 32.2. The molecule has 0 atom stereocenters. The predicted octanol–water partition coefficient (Wildman–Crippen LogP) is 0.134. The summed E-state index contributed by atoms with van der Waals surface area (Å²) in [7, 11) is -3.27. The van der Waals surface area contributed by atoms with Gasteiger partial charge in [-0.2, -0.15) is 8.42 Å². The van der Waals surface area contributed by atoms with Gasteiger partial charge < -0.3 is 0 Å². The number of hydrogen-bond acceptors (Lipinski definition) is 3. The molecule has 1 rings (SSSR count). The molecule has 0 saturated carbocycles. The molecule has 8 heavy (non-hydrogen) atoms. The van der Waals surface area contributed by atoms with Crippen LogP contribution in [0.15, 0.2) is 21.2 Å². The monoisotopic (exact) mass is 134 g/mol. The number of hydrogen-bond donors (Lipinski definition) is 0. The zero-order valence-corrected chi connectivity index (χ0v) is 4.50. The van der Waals surface area contributed by atoms with Crippen LogP contribution in [0.3, 0.4) is 0 Å². The zero-order chi connectivity index (χ0) is 5.33. The molecule has 5 nitrogen and oxygen atoms in total. The molecule has 0 bridgehead atoms. The van der Waals surface area contributed by atoms with E-state index in [0.717, 1.165) is 11.6 Å². The molecule has 44 valence electrons. The first-order valence-corrected chi connectivity index (χ1v) is 3.05. The van der Waals surface area contributed by atoms with E-state index in [1.54, 1.807) is 0 Å². The Labute approximate surface area is 46.1 Å². The minimum Gasteiger partial charge on any atom is -0.198 e. The van der Waals surface area contributed by atoms with Crippen molar-refractivity contribution in [2.45, 2.75) is 0 Å². The van der Waals surface area contributed by atoms with Crippen LogP contribution in [0.4, 0.5) is 0 Å². The van der Waals surface area contributed by atoms with Crippen LogP contribution >= 0.6 is 0 Å². The van der Waals surface area contributed by atoms with E-state index < -0.39 is 10.0 Å². The summed E-state index contributed by atoms with van der Waals surface area (Å²) in [4.78, 5) is 0. The van der Waals surface area contributed by atoms with Crippen molar-refractivity contribution in [2.24, 2.45) is 9.63 Å². The highest BCUT2D eigenvalue weighted by molar-refractivity contribution is 7.93. The van der Waals surface area contributed by atoms with Gasteiger partial charge in [-0.3, -0.25) is 0 Å². The van der Waals surface area contributed by atoms with Crippen molar-refractivity contribution in [2.75, 3.05) is 0 Å². The third kappa shape index (κ3) is 1.39. The number of sulfonamides is 1. The van der Waals surface area contributed by atoms with E-state index in [1.807, 2.05) is 0 Å². The minimum absolute atomic E-state index is 0. The number of rotatable bonds is 0. The average molecular weight is 134 g/mol. The van der Waals surface area contributed by atoms with Crippen molar-refractivity contribution in [1.29, 1.82) is 0 Å². The Hall–Kier alpha value is -0.750. The second kappa shape index (κ2) is 2.01. The van der Waals surface area contributed by atoms with Crippen LogP contribution in [0.2, 0.25) is 0 Å². The maximum Gasteiger partial charge on any atom is 0.294 e. The van der Waals surface area contributed by atoms with E-state index in [9.17, 15) is 8.42 Å². The van der Waals surface area contributed by atoms with Crippen molar-refractivity contribution >= 4 is 10.0 Å². The van der Waals surface area contributed by atoms with Crippen LogP contribution in [0.5, 0.6) is 0 Å². The van der Waals surface area contributed by atoms with Gasteiger partial charge in [0.2, 0.25) is 0 Å². The topological polar surface area (TPSA) is 87.4 Å². The molecule has 1 aliphatic heterocycles. The highest BCUT2D eigenvalue weighted by Crippen LogP contribution is 2.02. The molecular weight excluding hydrogens is 132 g/mol. The molecule has 0 spiro atoms. The van der Waals surface area contributed by atoms with Gasteiger partial charge in [-0.15, -0.1) is 5.11 Å². The van der Waals surface area contributed by atoms with E-state index in [4.69, 9.17) is 0 Å². The van der Waals surface area contributed by atoms with Crippen LogP contribution in [0.1, 0.15) is 0 Å². The summed E-state index contributed by atoms with van der Waals surface area (Å²) in [6.07, 6.45) is 1.13. The standard InChI is InChI=1S/C2H2N2O2S.O/c5-7(6)2-1-3-4-7;/h1-2H;. The van der Waals surface area contributed by atoms with Gasteiger partial charge in [-0.1, -0.05) is 4.52 Å². The van der Waals surface area contributed by atoms with Crippen molar-refractivity contribution in [3.05, 3.63) is 11.6 Å². The molecule has 6 heteroatoms. The molecule has 1 aliphatic rings. The lowest BCUT2D eigenvalue weighted by molar-refractivity contribution is 0.605. The fourth-order valence-electron chi connectivity index (χ4n) is 0.224. The van der Waals surface area contributed by atoms with Crippen LogP contribution in [0, 0.1) is 0 Å². The highest BCUT2D eigenvalue weighted by Gasteiger charge is 2.03. The molecule has 0 fully saturated rings. The van der Waals surface area contributed by atoms with Crippen LogP contribution in [-0.2, 0) is 15.5 Å². The van der Waals surface area contributed by atoms with Crippen molar-refractivity contribution < 1.29 is 13.9 Å².